The van der Waals surface area contributed by atoms with E-state index in [0.717, 1.165) is 12.8 Å². The molecule has 0 aliphatic carbocycles. The van der Waals surface area contributed by atoms with Crippen molar-refractivity contribution >= 4 is 16.8 Å². The van der Waals surface area contributed by atoms with Crippen molar-refractivity contribution < 1.29 is 29.0 Å². The van der Waals surface area contributed by atoms with Crippen LogP contribution in [0.25, 0.3) is 0 Å². The Morgan fingerprint density at radius 2 is 1.71 bits per heavy atom. The number of ether oxygens (including phenoxy) is 2. The Labute approximate surface area is 105 Å². The van der Waals surface area contributed by atoms with E-state index in [1.807, 2.05) is 6.92 Å². The molecule has 0 spiro atoms. The summed E-state index contributed by atoms with van der Waals surface area (Å²) in [7, 11) is 4.97. The molecule has 0 rings (SSSR count). The summed E-state index contributed by atoms with van der Waals surface area (Å²) in [5.41, 5.74) is 0. The van der Waals surface area contributed by atoms with Crippen LogP contribution < -0.4 is 0 Å². The van der Waals surface area contributed by atoms with Crippen LogP contribution in [0.2, 0.25) is 0 Å². The maximum absolute atomic E-state index is 8.48. The third kappa shape index (κ3) is 25.8. The van der Waals surface area contributed by atoms with Crippen LogP contribution >= 0.6 is 9.12 Å². The number of rotatable bonds is 9. The Balaban J connectivity index is -0.000000439. The summed E-state index contributed by atoms with van der Waals surface area (Å²) in [6, 6.07) is 0. The fraction of sp³-hybridized carbons (Fsp3) is 1.00. The van der Waals surface area contributed by atoms with Gasteiger partial charge >= 0.3 is 12.4 Å². The van der Waals surface area contributed by atoms with Gasteiger partial charge in [0.05, 0.1) is 25.9 Å². The van der Waals surface area contributed by atoms with E-state index in [1.54, 1.807) is 9.12 Å². The molecule has 0 aliphatic rings. The summed E-state index contributed by atoms with van der Waals surface area (Å²) in [5, 5.41) is 16.9. The number of hydrogen-bond donors (Lipinski definition) is 2. The van der Waals surface area contributed by atoms with E-state index in [-0.39, 0.29) is 19.3 Å². The first kappa shape index (κ1) is 22.0. The first-order chi connectivity index (χ1) is 8.31. The molecule has 0 saturated carbocycles. The Bertz CT molecular complexity index is 130. The maximum atomic E-state index is 8.48. The van der Waals surface area contributed by atoms with Crippen molar-refractivity contribution in [3.63, 3.8) is 0 Å². The second-order valence-corrected chi connectivity index (χ2v) is 2.91. The molecule has 0 heterocycles. The van der Waals surface area contributed by atoms with Gasteiger partial charge in [0, 0.05) is 13.2 Å². The zero-order chi connectivity index (χ0) is 13.9. The zero-order valence-corrected chi connectivity index (χ0v) is 11.1. The van der Waals surface area contributed by atoms with Crippen molar-refractivity contribution in [1.82, 2.24) is 0 Å². The average molecular weight is 267 g/mol. The summed E-state index contributed by atoms with van der Waals surface area (Å²) in [6.07, 6.45) is 1.69. The van der Waals surface area contributed by atoms with Gasteiger partial charge in [0.1, 0.15) is 9.12 Å². The van der Waals surface area contributed by atoms with E-state index in [2.05, 4.69) is 7.72 Å². The second kappa shape index (κ2) is 24.9. The number of unbranched alkanes of at least 4 members (excludes halogenated alkanes) is 1. The van der Waals surface area contributed by atoms with Gasteiger partial charge in [-0.2, -0.15) is 0 Å². The van der Waals surface area contributed by atoms with Crippen LogP contribution in [0.4, 0.5) is 0 Å². The fourth-order valence-electron chi connectivity index (χ4n) is 0.867. The van der Waals surface area contributed by atoms with E-state index in [1.165, 1.54) is 0 Å². The van der Waals surface area contributed by atoms with Crippen molar-refractivity contribution in [2.45, 2.75) is 25.9 Å². The second-order valence-electron chi connectivity index (χ2n) is 2.91. The van der Waals surface area contributed by atoms with Gasteiger partial charge in [-0.3, -0.25) is 4.57 Å². The fourth-order valence-corrected chi connectivity index (χ4v) is 0.867. The van der Waals surface area contributed by atoms with E-state index in [9.17, 15) is 0 Å². The van der Waals surface area contributed by atoms with E-state index >= 15 is 0 Å². The van der Waals surface area contributed by atoms with E-state index < -0.39 is 0 Å². The molecule has 0 aromatic carbocycles. The normalized spacial score (nSPS) is 10.5. The molecule has 8 heteroatoms. The van der Waals surface area contributed by atoms with Gasteiger partial charge in [-0.1, -0.05) is 0 Å². The third-order valence-electron chi connectivity index (χ3n) is 1.54. The molecule has 1 atom stereocenters. The standard InChI is InChI=1S/C9H20O4.BO.HOP/c1-9(13-7-5-11)8-12-6-3-2-4-10;2*1-2/h9-11H,2-8H2,1H3;;2H. The number of aliphatic hydroxyl groups is 2. The molecule has 6 nitrogen and oxygen atoms in total. The SMILES string of the molecule is CC(COCCCCO)OCCO.O=P.[B]=O. The topological polar surface area (TPSA) is 93.1 Å². The van der Waals surface area contributed by atoms with Gasteiger partial charge in [0.15, 0.2) is 0 Å². The van der Waals surface area contributed by atoms with Crippen LogP contribution in [-0.4, -0.2) is 57.1 Å². The van der Waals surface area contributed by atoms with Gasteiger partial charge in [0.25, 0.3) is 0 Å². The summed E-state index contributed by atoms with van der Waals surface area (Å²) in [4.78, 5) is 0. The van der Waals surface area contributed by atoms with E-state index in [4.69, 9.17) is 29.0 Å². The first-order valence-corrected chi connectivity index (χ1v) is 5.57. The van der Waals surface area contributed by atoms with E-state index in [0.29, 0.717) is 19.8 Å². The number of aliphatic hydroxyl groups excluding tert-OH is 2. The molecule has 0 aromatic heterocycles. The molecule has 0 aromatic rings. The van der Waals surface area contributed by atoms with Gasteiger partial charge in [-0.25, -0.2) is 0 Å². The summed E-state index contributed by atoms with van der Waals surface area (Å²) >= 11 is 0. The Morgan fingerprint density at radius 3 is 2.18 bits per heavy atom. The molecule has 2 N–H and O–H groups in total. The monoisotopic (exact) mass is 267 g/mol. The molecule has 101 valence electrons. The Morgan fingerprint density at radius 1 is 1.12 bits per heavy atom. The predicted molar refractivity (Wildman–Crippen MR) is 65.1 cm³/mol. The van der Waals surface area contributed by atoms with Crippen molar-refractivity contribution in [2.24, 2.45) is 0 Å². The van der Waals surface area contributed by atoms with Gasteiger partial charge in [-0.15, -0.1) is 0 Å². The van der Waals surface area contributed by atoms with Crippen molar-refractivity contribution in [2.75, 3.05) is 33.0 Å². The molecule has 0 fully saturated rings. The van der Waals surface area contributed by atoms with Crippen LogP contribution in [0.3, 0.4) is 0 Å². The van der Waals surface area contributed by atoms with Crippen LogP contribution in [0.15, 0.2) is 0 Å². The molecular weight excluding hydrogens is 246 g/mol. The van der Waals surface area contributed by atoms with Gasteiger partial charge < -0.3 is 19.7 Å². The molecule has 17 heavy (non-hydrogen) atoms. The van der Waals surface area contributed by atoms with Crippen molar-refractivity contribution in [3.8, 4) is 0 Å². The minimum absolute atomic E-state index is 0.0290. The molecule has 1 radical (unpaired) electrons. The zero-order valence-electron chi connectivity index (χ0n) is 10.1. The summed E-state index contributed by atoms with van der Waals surface area (Å²) in [5.74, 6) is 0. The third-order valence-corrected chi connectivity index (χ3v) is 1.54. The Kier molecular flexibility index (Phi) is 32.2. The first-order valence-electron chi connectivity index (χ1n) is 5.16. The van der Waals surface area contributed by atoms with Crippen LogP contribution in [0.5, 0.6) is 0 Å². The molecule has 1 unspecified atom stereocenters. The minimum atomic E-state index is 0.0290. The van der Waals surface area contributed by atoms with Crippen LogP contribution in [0, 0.1) is 0 Å². The molecule has 0 amide bonds. The van der Waals surface area contributed by atoms with Crippen LogP contribution in [-0.2, 0) is 18.7 Å². The summed E-state index contributed by atoms with van der Waals surface area (Å²) in [6.45, 7) is 3.75. The molecule has 0 saturated heterocycles. The molecule has 0 bridgehead atoms. The van der Waals surface area contributed by atoms with Crippen molar-refractivity contribution in [3.05, 3.63) is 0 Å². The molecule has 0 aliphatic heterocycles. The quantitative estimate of drug-likeness (QED) is 0.351. The molecular formula is C9H21BO6P. The van der Waals surface area contributed by atoms with Crippen molar-refractivity contribution in [1.29, 1.82) is 0 Å². The predicted octanol–water partition coefficient (Wildman–Crippen LogP) is 0.148. The average Bonchev–Trinajstić information content (AvgIpc) is 2.41. The van der Waals surface area contributed by atoms with Crippen LogP contribution in [0.1, 0.15) is 19.8 Å². The number of hydrogen-bond acceptors (Lipinski definition) is 6. The van der Waals surface area contributed by atoms with Gasteiger partial charge in [0.2, 0.25) is 0 Å². The summed E-state index contributed by atoms with van der Waals surface area (Å²) < 4.78 is 26.3. The Hall–Kier alpha value is -0.195. The van der Waals surface area contributed by atoms with Gasteiger partial charge in [-0.05, 0) is 19.8 Å².